The Morgan fingerprint density at radius 3 is 2.14 bits per heavy atom. The monoisotopic (exact) mass is 416 g/mol. The number of carbonyl (C=O) groups is 5. The molecule has 0 bridgehead atoms. The molecule has 4 unspecified atom stereocenters. The van der Waals surface area contributed by atoms with Gasteiger partial charge in [-0.2, -0.15) is 0 Å². The molecule has 1 rings (SSSR count). The molecule has 3 amide bonds. The quantitative estimate of drug-likeness (QED) is 0.222. The van der Waals surface area contributed by atoms with Crippen LogP contribution in [0.3, 0.4) is 0 Å². The van der Waals surface area contributed by atoms with E-state index in [1.54, 1.807) is 13.8 Å². The molecule has 12 heteroatoms. The maximum atomic E-state index is 12.6. The van der Waals surface area contributed by atoms with Crippen molar-refractivity contribution in [3.05, 3.63) is 0 Å². The van der Waals surface area contributed by atoms with E-state index in [0.717, 1.165) is 4.90 Å². The van der Waals surface area contributed by atoms with Gasteiger partial charge in [0, 0.05) is 6.54 Å². The number of nitrogens with zero attached hydrogens (tertiary/aromatic N) is 1. The number of likely N-dealkylation sites (tertiary alicyclic amines) is 1. The van der Waals surface area contributed by atoms with Crippen LogP contribution in [0.1, 0.15) is 33.1 Å². The predicted molar refractivity (Wildman–Crippen MR) is 98.4 cm³/mol. The van der Waals surface area contributed by atoms with E-state index in [4.69, 9.17) is 10.8 Å². The SMILES string of the molecule is CC(C)C(N)C(=O)NC(CC(=O)O)C(=O)NC(CO)C(=O)N1CCCC1C(=O)O. The summed E-state index contributed by atoms with van der Waals surface area (Å²) in [5.41, 5.74) is 5.69. The molecule has 0 saturated carbocycles. The van der Waals surface area contributed by atoms with E-state index < -0.39 is 66.9 Å². The minimum Gasteiger partial charge on any atom is -0.481 e. The molecular weight excluding hydrogens is 388 g/mol. The average Bonchev–Trinajstić information content (AvgIpc) is 3.13. The summed E-state index contributed by atoms with van der Waals surface area (Å²) in [5, 5.41) is 32.1. The number of amides is 3. The number of hydrogen-bond acceptors (Lipinski definition) is 7. The first-order valence-electron chi connectivity index (χ1n) is 9.21. The highest BCUT2D eigenvalue weighted by molar-refractivity contribution is 5.95. The zero-order valence-electron chi connectivity index (χ0n) is 16.3. The van der Waals surface area contributed by atoms with Crippen LogP contribution in [-0.4, -0.2) is 87.2 Å². The Morgan fingerprint density at radius 1 is 1.07 bits per heavy atom. The van der Waals surface area contributed by atoms with Crippen LogP contribution in [0, 0.1) is 5.92 Å². The highest BCUT2D eigenvalue weighted by Gasteiger charge is 2.38. The van der Waals surface area contributed by atoms with Crippen LogP contribution in [-0.2, 0) is 24.0 Å². The minimum atomic E-state index is -1.53. The van der Waals surface area contributed by atoms with Gasteiger partial charge in [0.2, 0.25) is 17.7 Å². The van der Waals surface area contributed by atoms with Crippen LogP contribution < -0.4 is 16.4 Å². The molecule has 0 radical (unpaired) electrons. The Bertz CT molecular complexity index is 653. The Hall–Kier alpha value is -2.73. The van der Waals surface area contributed by atoms with E-state index in [9.17, 15) is 34.2 Å². The molecule has 1 heterocycles. The molecule has 7 N–H and O–H groups in total. The zero-order valence-corrected chi connectivity index (χ0v) is 16.3. The van der Waals surface area contributed by atoms with Gasteiger partial charge in [-0.25, -0.2) is 4.79 Å². The number of aliphatic carboxylic acids is 2. The first-order valence-corrected chi connectivity index (χ1v) is 9.21. The van der Waals surface area contributed by atoms with Crippen LogP contribution >= 0.6 is 0 Å². The van der Waals surface area contributed by atoms with Crippen molar-refractivity contribution in [3.63, 3.8) is 0 Å². The van der Waals surface area contributed by atoms with E-state index in [-0.39, 0.29) is 18.9 Å². The molecule has 0 aromatic heterocycles. The second-order valence-corrected chi connectivity index (χ2v) is 7.20. The Balaban J connectivity index is 2.89. The number of aliphatic hydroxyl groups is 1. The average molecular weight is 416 g/mol. The summed E-state index contributed by atoms with van der Waals surface area (Å²) in [6.07, 6.45) is -0.0618. The highest BCUT2D eigenvalue weighted by atomic mass is 16.4. The van der Waals surface area contributed by atoms with Gasteiger partial charge < -0.3 is 36.6 Å². The standard InChI is InChI=1S/C17H28N4O8/c1-8(2)13(18)15(26)19-9(6-12(23)24)14(25)20-10(7-22)16(27)21-5-3-4-11(21)17(28)29/h8-11,13,22H,3-7,18H2,1-2H3,(H,19,26)(H,20,25)(H,23,24)(H,28,29). The van der Waals surface area contributed by atoms with Crippen LogP contribution in [0.15, 0.2) is 0 Å². The van der Waals surface area contributed by atoms with E-state index >= 15 is 0 Å². The van der Waals surface area contributed by atoms with Gasteiger partial charge in [0.05, 0.1) is 19.1 Å². The van der Waals surface area contributed by atoms with Crippen molar-refractivity contribution in [2.24, 2.45) is 11.7 Å². The second-order valence-electron chi connectivity index (χ2n) is 7.20. The molecule has 0 aromatic rings. The molecule has 0 aromatic carbocycles. The summed E-state index contributed by atoms with van der Waals surface area (Å²) < 4.78 is 0. The number of rotatable bonds is 10. The summed E-state index contributed by atoms with van der Waals surface area (Å²) >= 11 is 0. The fourth-order valence-corrected chi connectivity index (χ4v) is 2.90. The summed E-state index contributed by atoms with van der Waals surface area (Å²) in [6.45, 7) is 2.67. The smallest absolute Gasteiger partial charge is 0.326 e. The predicted octanol–water partition coefficient (Wildman–Crippen LogP) is -2.52. The molecule has 1 aliphatic rings. The maximum absolute atomic E-state index is 12.6. The molecule has 164 valence electrons. The fraction of sp³-hybridized carbons (Fsp3) is 0.706. The molecule has 1 fully saturated rings. The van der Waals surface area contributed by atoms with Gasteiger partial charge in [-0.05, 0) is 18.8 Å². The maximum Gasteiger partial charge on any atom is 0.326 e. The van der Waals surface area contributed by atoms with Crippen molar-refractivity contribution in [3.8, 4) is 0 Å². The summed E-state index contributed by atoms with van der Waals surface area (Å²) in [5.74, 6) is -5.38. The van der Waals surface area contributed by atoms with Crippen LogP contribution in [0.25, 0.3) is 0 Å². The summed E-state index contributed by atoms with van der Waals surface area (Å²) in [4.78, 5) is 60.5. The summed E-state index contributed by atoms with van der Waals surface area (Å²) in [7, 11) is 0. The van der Waals surface area contributed by atoms with Crippen molar-refractivity contribution in [1.29, 1.82) is 0 Å². The molecule has 29 heavy (non-hydrogen) atoms. The largest absolute Gasteiger partial charge is 0.481 e. The van der Waals surface area contributed by atoms with E-state index in [1.807, 2.05) is 0 Å². The lowest BCUT2D eigenvalue weighted by Crippen LogP contribution is -2.58. The number of nitrogens with one attached hydrogen (secondary N) is 2. The topological polar surface area (TPSA) is 199 Å². The van der Waals surface area contributed by atoms with Crippen molar-refractivity contribution in [2.45, 2.75) is 57.3 Å². The lowest BCUT2D eigenvalue weighted by Gasteiger charge is -2.28. The molecule has 1 aliphatic heterocycles. The Morgan fingerprint density at radius 2 is 1.66 bits per heavy atom. The third-order valence-corrected chi connectivity index (χ3v) is 4.65. The Kier molecular flexibility index (Phi) is 8.98. The van der Waals surface area contributed by atoms with Crippen LogP contribution in [0.5, 0.6) is 0 Å². The number of hydrogen-bond donors (Lipinski definition) is 6. The third kappa shape index (κ3) is 6.68. The van der Waals surface area contributed by atoms with Gasteiger partial charge in [0.15, 0.2) is 0 Å². The normalized spacial score (nSPS) is 19.3. The van der Waals surface area contributed by atoms with Crippen molar-refractivity contribution in [1.82, 2.24) is 15.5 Å². The van der Waals surface area contributed by atoms with Crippen molar-refractivity contribution < 1.29 is 39.3 Å². The number of carboxylic acids is 2. The van der Waals surface area contributed by atoms with Gasteiger partial charge in [0.25, 0.3) is 0 Å². The van der Waals surface area contributed by atoms with Crippen LogP contribution in [0.4, 0.5) is 0 Å². The highest BCUT2D eigenvalue weighted by Crippen LogP contribution is 2.18. The fourth-order valence-electron chi connectivity index (χ4n) is 2.90. The number of carboxylic acid groups (broad SMARTS) is 2. The van der Waals surface area contributed by atoms with E-state index in [0.29, 0.717) is 6.42 Å². The van der Waals surface area contributed by atoms with Gasteiger partial charge in [-0.1, -0.05) is 13.8 Å². The first kappa shape index (κ1) is 24.3. The van der Waals surface area contributed by atoms with Gasteiger partial charge >= 0.3 is 11.9 Å². The number of carbonyl (C=O) groups excluding carboxylic acids is 3. The number of nitrogens with two attached hydrogens (primary N) is 1. The Labute approximate surface area is 167 Å². The molecule has 0 aliphatic carbocycles. The van der Waals surface area contributed by atoms with E-state index in [1.165, 1.54) is 0 Å². The molecule has 0 spiro atoms. The van der Waals surface area contributed by atoms with Crippen LogP contribution in [0.2, 0.25) is 0 Å². The number of aliphatic hydroxyl groups excluding tert-OH is 1. The van der Waals surface area contributed by atoms with Gasteiger partial charge in [-0.3, -0.25) is 19.2 Å². The van der Waals surface area contributed by atoms with Gasteiger partial charge in [0.1, 0.15) is 18.1 Å². The van der Waals surface area contributed by atoms with Crippen molar-refractivity contribution in [2.75, 3.05) is 13.2 Å². The van der Waals surface area contributed by atoms with E-state index in [2.05, 4.69) is 10.6 Å². The van der Waals surface area contributed by atoms with Gasteiger partial charge in [-0.15, -0.1) is 0 Å². The zero-order chi connectivity index (χ0) is 22.3. The molecule has 12 nitrogen and oxygen atoms in total. The lowest BCUT2D eigenvalue weighted by molar-refractivity contribution is -0.150. The molecule has 4 atom stereocenters. The first-order chi connectivity index (χ1) is 13.5. The molecular formula is C17H28N4O8. The third-order valence-electron chi connectivity index (χ3n) is 4.65. The second kappa shape index (κ2) is 10.7. The van der Waals surface area contributed by atoms with Crippen molar-refractivity contribution >= 4 is 29.7 Å². The minimum absolute atomic E-state index is 0.153. The lowest BCUT2D eigenvalue weighted by atomic mass is 10.0. The summed E-state index contributed by atoms with van der Waals surface area (Å²) in [6, 6.07) is -5.04. The molecule has 1 saturated heterocycles.